The number of aromatic nitrogens is 1. The van der Waals surface area contributed by atoms with Crippen LogP contribution in [0.25, 0.3) is 49.7 Å². The fourth-order valence-corrected chi connectivity index (χ4v) is 6.68. The lowest BCUT2D eigenvalue weighted by atomic mass is 9.91. The van der Waals surface area contributed by atoms with Crippen LogP contribution in [0.1, 0.15) is 38.9 Å². The molecule has 1 aromatic heterocycles. The van der Waals surface area contributed by atoms with Crippen molar-refractivity contribution >= 4 is 21.8 Å². The van der Waals surface area contributed by atoms with E-state index in [0.29, 0.717) is 0 Å². The predicted octanol–water partition coefficient (Wildman–Crippen LogP) is 9.98. The summed E-state index contributed by atoms with van der Waals surface area (Å²) in [7, 11) is 0. The zero-order valence-corrected chi connectivity index (χ0v) is 23.9. The zero-order valence-electron chi connectivity index (χ0n) is 23.9. The van der Waals surface area contributed by atoms with E-state index >= 15 is 0 Å². The number of fused-ring (bicyclic) bond motifs is 3. The van der Waals surface area contributed by atoms with Gasteiger partial charge >= 0.3 is 0 Å². The van der Waals surface area contributed by atoms with Crippen LogP contribution in [0.15, 0.2) is 78.9 Å². The number of rotatable bonds is 3. The van der Waals surface area contributed by atoms with Crippen LogP contribution in [-0.2, 0) is 0 Å². The van der Waals surface area contributed by atoms with Crippen molar-refractivity contribution in [3.63, 3.8) is 0 Å². The highest BCUT2D eigenvalue weighted by Gasteiger charge is 2.18. The van der Waals surface area contributed by atoms with Crippen LogP contribution in [0, 0.1) is 48.5 Å². The summed E-state index contributed by atoms with van der Waals surface area (Å²) in [4.78, 5) is 0. The minimum Gasteiger partial charge on any atom is -0.506 e. The number of phenolic OH excluding ortho intramolecular Hbond substituents is 1. The molecule has 0 unspecified atom stereocenters. The van der Waals surface area contributed by atoms with Crippen LogP contribution < -0.4 is 0 Å². The molecule has 0 bridgehead atoms. The Hall–Kier alpha value is -4.30. The van der Waals surface area contributed by atoms with Crippen molar-refractivity contribution in [3.8, 4) is 33.7 Å². The third-order valence-corrected chi connectivity index (χ3v) is 8.07. The normalized spacial score (nSPS) is 11.6. The maximum Gasteiger partial charge on any atom is 0.139 e. The Morgan fingerprint density at radius 3 is 1.33 bits per heavy atom. The average Bonchev–Trinajstić information content (AvgIpc) is 3.17. The first-order chi connectivity index (χ1) is 18.6. The van der Waals surface area contributed by atoms with Crippen molar-refractivity contribution in [2.24, 2.45) is 0 Å². The van der Waals surface area contributed by atoms with Gasteiger partial charge in [0.15, 0.2) is 0 Å². The fourth-order valence-electron chi connectivity index (χ4n) is 6.68. The van der Waals surface area contributed by atoms with Gasteiger partial charge in [-0.3, -0.25) is 0 Å². The topological polar surface area (TPSA) is 25.2 Å². The molecule has 0 atom stereocenters. The molecule has 2 heteroatoms. The number of phenols is 1. The molecular formula is C37H35NO. The maximum atomic E-state index is 11.0. The fraction of sp³-hybridized carbons (Fsp3) is 0.189. The second-order valence-corrected chi connectivity index (χ2v) is 11.3. The molecule has 5 aromatic carbocycles. The Morgan fingerprint density at radius 1 is 0.462 bits per heavy atom. The van der Waals surface area contributed by atoms with Crippen molar-refractivity contribution in [1.29, 1.82) is 0 Å². The Labute approximate surface area is 231 Å². The van der Waals surface area contributed by atoms with Gasteiger partial charge in [0.2, 0.25) is 0 Å². The summed E-state index contributed by atoms with van der Waals surface area (Å²) in [6, 6.07) is 28.4. The van der Waals surface area contributed by atoms with Gasteiger partial charge in [-0.2, -0.15) is 0 Å². The van der Waals surface area contributed by atoms with Crippen LogP contribution in [0.2, 0.25) is 0 Å². The third-order valence-electron chi connectivity index (χ3n) is 8.07. The van der Waals surface area contributed by atoms with Crippen LogP contribution in [0.4, 0.5) is 0 Å². The summed E-state index contributed by atoms with van der Waals surface area (Å²) < 4.78 is 2.21. The molecule has 6 rings (SSSR count). The summed E-state index contributed by atoms with van der Waals surface area (Å²) in [6.07, 6.45) is 0. The summed E-state index contributed by atoms with van der Waals surface area (Å²) >= 11 is 0. The van der Waals surface area contributed by atoms with E-state index in [4.69, 9.17) is 0 Å². The lowest BCUT2D eigenvalue weighted by Crippen LogP contribution is -1.96. The number of aromatic hydroxyl groups is 1. The van der Waals surface area contributed by atoms with Gasteiger partial charge in [0.1, 0.15) is 5.75 Å². The lowest BCUT2D eigenvalue weighted by molar-refractivity contribution is 0.473. The molecular weight excluding hydrogens is 474 g/mol. The van der Waals surface area contributed by atoms with Crippen LogP contribution in [0.5, 0.6) is 5.75 Å². The monoisotopic (exact) mass is 509 g/mol. The minimum atomic E-state index is 0.281. The van der Waals surface area contributed by atoms with E-state index in [9.17, 15) is 5.11 Å². The third kappa shape index (κ3) is 4.12. The van der Waals surface area contributed by atoms with Gasteiger partial charge in [0, 0.05) is 10.8 Å². The first-order valence-corrected chi connectivity index (χ1v) is 13.7. The van der Waals surface area contributed by atoms with Gasteiger partial charge in [-0.1, -0.05) is 53.6 Å². The van der Waals surface area contributed by atoms with Gasteiger partial charge in [0.25, 0.3) is 0 Å². The lowest BCUT2D eigenvalue weighted by Gasteiger charge is -2.13. The molecule has 194 valence electrons. The number of hydrogen-bond donors (Lipinski definition) is 1. The molecule has 39 heavy (non-hydrogen) atoms. The van der Waals surface area contributed by atoms with Gasteiger partial charge in [-0.15, -0.1) is 0 Å². The second kappa shape index (κ2) is 9.17. The number of benzene rings is 5. The van der Waals surface area contributed by atoms with Crippen molar-refractivity contribution in [1.82, 2.24) is 4.57 Å². The Kier molecular flexibility index (Phi) is 5.88. The van der Waals surface area contributed by atoms with Crippen molar-refractivity contribution in [3.05, 3.63) is 118 Å². The number of aryl methyl sites for hydroxylation is 7. The largest absolute Gasteiger partial charge is 0.506 e. The average molecular weight is 510 g/mol. The first kappa shape index (κ1) is 25.0. The molecule has 0 aliphatic rings. The van der Waals surface area contributed by atoms with Gasteiger partial charge in [-0.05, 0) is 135 Å². The number of nitrogens with zero attached hydrogens (tertiary/aromatic N) is 1. The highest BCUT2D eigenvalue weighted by atomic mass is 16.3. The molecule has 0 fully saturated rings. The summed E-state index contributed by atoms with van der Waals surface area (Å²) in [5.41, 5.74) is 16.9. The summed E-state index contributed by atoms with van der Waals surface area (Å²) in [6.45, 7) is 15.2. The quantitative estimate of drug-likeness (QED) is 0.252. The first-order valence-electron chi connectivity index (χ1n) is 13.7. The summed E-state index contributed by atoms with van der Waals surface area (Å²) in [5.74, 6) is 0.281. The van der Waals surface area contributed by atoms with E-state index in [2.05, 4.69) is 120 Å². The van der Waals surface area contributed by atoms with Gasteiger partial charge in [0.05, 0.1) is 16.7 Å². The highest BCUT2D eigenvalue weighted by molar-refractivity contribution is 6.12. The molecule has 0 aliphatic carbocycles. The van der Waals surface area contributed by atoms with Gasteiger partial charge < -0.3 is 9.67 Å². The van der Waals surface area contributed by atoms with Crippen molar-refractivity contribution in [2.45, 2.75) is 48.5 Å². The standard InChI is InChI=1S/C37H35NO/c1-21-8-13-35(39)34(18-21)38-32-11-9-28(36-24(4)14-22(2)15-25(36)5)19-30(32)31-20-29(10-12-33(31)38)37-26(6)16-23(3)17-27(37)7/h8-20,39H,1-7H3. The molecule has 1 N–H and O–H groups in total. The van der Waals surface area contributed by atoms with E-state index < -0.39 is 0 Å². The minimum absolute atomic E-state index is 0.281. The van der Waals surface area contributed by atoms with E-state index in [1.165, 1.54) is 66.4 Å². The molecule has 0 saturated heterocycles. The maximum absolute atomic E-state index is 11.0. The van der Waals surface area contributed by atoms with Gasteiger partial charge in [-0.25, -0.2) is 0 Å². The zero-order chi connectivity index (χ0) is 27.6. The molecule has 0 aliphatic heterocycles. The van der Waals surface area contributed by atoms with Crippen molar-refractivity contribution in [2.75, 3.05) is 0 Å². The molecule has 1 heterocycles. The number of hydrogen-bond acceptors (Lipinski definition) is 1. The van der Waals surface area contributed by atoms with E-state index in [1.807, 2.05) is 6.07 Å². The van der Waals surface area contributed by atoms with Crippen molar-refractivity contribution < 1.29 is 5.11 Å². The Balaban J connectivity index is 1.71. The molecule has 0 spiro atoms. The Bertz CT molecular complexity index is 1780. The predicted molar refractivity (Wildman–Crippen MR) is 166 cm³/mol. The Morgan fingerprint density at radius 2 is 0.897 bits per heavy atom. The van der Waals surface area contributed by atoms with Crippen LogP contribution >= 0.6 is 0 Å². The highest BCUT2D eigenvalue weighted by Crippen LogP contribution is 2.41. The molecule has 0 amide bonds. The molecule has 0 saturated carbocycles. The smallest absolute Gasteiger partial charge is 0.139 e. The van der Waals surface area contributed by atoms with E-state index in [-0.39, 0.29) is 5.75 Å². The SMILES string of the molecule is Cc1cc(C)c(-c2ccc3c(c2)c2cc(-c4c(C)cc(C)cc4C)ccc2n3-c2cc(C)ccc2O)c(C)c1. The molecule has 2 nitrogen and oxygen atoms in total. The van der Waals surface area contributed by atoms with Crippen LogP contribution in [-0.4, -0.2) is 9.67 Å². The van der Waals surface area contributed by atoms with E-state index in [0.717, 1.165) is 22.3 Å². The van der Waals surface area contributed by atoms with E-state index in [1.54, 1.807) is 6.07 Å². The van der Waals surface area contributed by atoms with Crippen LogP contribution in [0.3, 0.4) is 0 Å². The summed E-state index contributed by atoms with van der Waals surface area (Å²) in [5, 5.41) is 13.3. The molecule has 0 radical (unpaired) electrons. The second-order valence-electron chi connectivity index (χ2n) is 11.3. The molecule has 6 aromatic rings.